The number of hydrogen-bond acceptors (Lipinski definition) is 7. The number of ether oxygens (including phenoxy) is 3. The van der Waals surface area contributed by atoms with Crippen LogP contribution in [0.4, 0.5) is 16.2 Å². The van der Waals surface area contributed by atoms with Crippen molar-refractivity contribution in [2.24, 2.45) is 0 Å². The van der Waals surface area contributed by atoms with Crippen molar-refractivity contribution in [3.8, 4) is 21.9 Å². The van der Waals surface area contributed by atoms with E-state index in [-0.39, 0.29) is 18.9 Å². The SMILES string of the molecule is O=COC1CCC(c2ncc(-c3ccc(NC(=O)Nc4ccc5c(c4)OCO5)cc3)s2)CC1. The van der Waals surface area contributed by atoms with Gasteiger partial charge in [0.1, 0.15) is 6.10 Å². The maximum Gasteiger partial charge on any atom is 0.323 e. The van der Waals surface area contributed by atoms with Crippen LogP contribution in [0, 0.1) is 0 Å². The summed E-state index contributed by atoms with van der Waals surface area (Å²) in [7, 11) is 0. The van der Waals surface area contributed by atoms with Gasteiger partial charge in [0.05, 0.1) is 9.88 Å². The van der Waals surface area contributed by atoms with E-state index in [1.165, 1.54) is 0 Å². The van der Waals surface area contributed by atoms with Crippen LogP contribution < -0.4 is 20.1 Å². The van der Waals surface area contributed by atoms with E-state index in [0.717, 1.165) is 41.1 Å². The predicted molar refractivity (Wildman–Crippen MR) is 125 cm³/mol. The molecule has 3 aromatic rings. The van der Waals surface area contributed by atoms with Crippen LogP contribution >= 0.6 is 11.3 Å². The van der Waals surface area contributed by atoms with Crippen LogP contribution in [0.1, 0.15) is 36.6 Å². The number of nitrogens with zero attached hydrogens (tertiary/aromatic N) is 1. The van der Waals surface area contributed by atoms with Crippen molar-refractivity contribution >= 4 is 35.2 Å². The second-order valence-corrected chi connectivity index (χ2v) is 9.06. The Morgan fingerprint density at radius 2 is 1.73 bits per heavy atom. The second kappa shape index (κ2) is 9.50. The highest BCUT2D eigenvalue weighted by Gasteiger charge is 2.25. The monoisotopic (exact) mass is 465 g/mol. The second-order valence-electron chi connectivity index (χ2n) is 7.99. The summed E-state index contributed by atoms with van der Waals surface area (Å²) in [6.45, 7) is 0.738. The van der Waals surface area contributed by atoms with Crippen molar-refractivity contribution < 1.29 is 23.8 Å². The summed E-state index contributed by atoms with van der Waals surface area (Å²) >= 11 is 1.70. The first-order chi connectivity index (χ1) is 16.2. The molecule has 2 heterocycles. The molecule has 1 aliphatic heterocycles. The summed E-state index contributed by atoms with van der Waals surface area (Å²) in [5.74, 6) is 1.70. The molecule has 5 rings (SSSR count). The van der Waals surface area contributed by atoms with E-state index in [1.807, 2.05) is 30.5 Å². The minimum absolute atomic E-state index is 0.0421. The van der Waals surface area contributed by atoms with Gasteiger partial charge in [0.15, 0.2) is 11.5 Å². The standard InChI is InChI=1S/C24H23N3O5S/c28-13-30-19-8-3-16(4-9-19)23-25-12-22(33-23)15-1-5-17(6-2-15)26-24(29)27-18-7-10-20-21(11-18)32-14-31-20/h1-2,5-7,10-13,16,19H,3-4,8-9,14H2,(H2,26,27,29). The minimum Gasteiger partial charge on any atom is -0.465 e. The van der Waals surface area contributed by atoms with Crippen molar-refractivity contribution in [1.29, 1.82) is 0 Å². The Kier molecular flexibility index (Phi) is 6.12. The number of nitrogens with one attached hydrogen (secondary N) is 2. The van der Waals surface area contributed by atoms with Gasteiger partial charge in [-0.1, -0.05) is 12.1 Å². The average molecular weight is 466 g/mol. The molecule has 2 aliphatic rings. The van der Waals surface area contributed by atoms with Crippen LogP contribution in [0.15, 0.2) is 48.7 Å². The lowest BCUT2D eigenvalue weighted by molar-refractivity contribution is -0.135. The van der Waals surface area contributed by atoms with Gasteiger partial charge in [-0.25, -0.2) is 9.78 Å². The third-order valence-electron chi connectivity index (χ3n) is 5.85. The Bertz CT molecular complexity index is 1140. The highest BCUT2D eigenvalue weighted by molar-refractivity contribution is 7.15. The van der Waals surface area contributed by atoms with Crippen LogP contribution in [0.3, 0.4) is 0 Å². The molecule has 9 heteroatoms. The maximum absolute atomic E-state index is 12.3. The van der Waals surface area contributed by atoms with Crippen LogP contribution in [-0.4, -0.2) is 30.4 Å². The van der Waals surface area contributed by atoms with Crippen LogP contribution in [0.5, 0.6) is 11.5 Å². The Morgan fingerprint density at radius 1 is 1.00 bits per heavy atom. The summed E-state index contributed by atoms with van der Waals surface area (Å²) in [5, 5.41) is 6.76. The quantitative estimate of drug-likeness (QED) is 0.474. The molecular weight excluding hydrogens is 442 g/mol. The van der Waals surface area contributed by atoms with Crippen LogP contribution in [0.25, 0.3) is 10.4 Å². The zero-order valence-electron chi connectivity index (χ0n) is 17.8. The van der Waals surface area contributed by atoms with Crippen molar-refractivity contribution in [1.82, 2.24) is 4.98 Å². The number of amides is 2. The number of benzene rings is 2. The lowest BCUT2D eigenvalue weighted by Crippen LogP contribution is -2.20. The molecule has 1 saturated carbocycles. The molecule has 170 valence electrons. The number of urea groups is 1. The first kappa shape index (κ1) is 21.3. The fraction of sp³-hybridized carbons (Fsp3) is 0.292. The van der Waals surface area contributed by atoms with Gasteiger partial charge >= 0.3 is 6.03 Å². The Hall–Kier alpha value is -3.59. The first-order valence-corrected chi connectivity index (χ1v) is 11.6. The smallest absolute Gasteiger partial charge is 0.323 e. The van der Waals surface area contributed by atoms with E-state index in [1.54, 1.807) is 29.5 Å². The Balaban J connectivity index is 1.17. The van der Waals surface area contributed by atoms with Gasteiger partial charge in [0, 0.05) is 29.6 Å². The van der Waals surface area contributed by atoms with Crippen LogP contribution in [-0.2, 0) is 9.53 Å². The molecule has 0 atom stereocenters. The van der Waals surface area contributed by atoms with Crippen molar-refractivity contribution in [2.45, 2.75) is 37.7 Å². The Labute approximate surface area is 194 Å². The molecule has 0 radical (unpaired) electrons. The van der Waals surface area contributed by atoms with E-state index in [0.29, 0.717) is 35.3 Å². The van der Waals surface area contributed by atoms with Gasteiger partial charge < -0.3 is 24.8 Å². The van der Waals surface area contributed by atoms with Crippen molar-refractivity contribution in [3.05, 3.63) is 53.7 Å². The van der Waals surface area contributed by atoms with E-state index in [9.17, 15) is 9.59 Å². The molecule has 2 aromatic carbocycles. The van der Waals surface area contributed by atoms with Gasteiger partial charge in [0.2, 0.25) is 6.79 Å². The van der Waals surface area contributed by atoms with Crippen molar-refractivity contribution in [2.75, 3.05) is 17.4 Å². The van der Waals surface area contributed by atoms with Crippen LogP contribution in [0.2, 0.25) is 0 Å². The van der Waals surface area contributed by atoms with Gasteiger partial charge in [0.25, 0.3) is 6.47 Å². The largest absolute Gasteiger partial charge is 0.465 e. The lowest BCUT2D eigenvalue weighted by atomic mass is 9.88. The predicted octanol–water partition coefficient (Wildman–Crippen LogP) is 5.38. The third kappa shape index (κ3) is 4.93. The molecule has 1 aliphatic carbocycles. The molecule has 2 amide bonds. The maximum atomic E-state index is 12.3. The van der Waals surface area contributed by atoms with Gasteiger partial charge in [-0.2, -0.15) is 0 Å². The zero-order valence-corrected chi connectivity index (χ0v) is 18.6. The number of hydrogen-bond donors (Lipinski definition) is 2. The number of rotatable bonds is 6. The number of fused-ring (bicyclic) bond motifs is 1. The van der Waals surface area contributed by atoms with E-state index in [4.69, 9.17) is 14.2 Å². The van der Waals surface area contributed by atoms with E-state index >= 15 is 0 Å². The Morgan fingerprint density at radius 3 is 2.52 bits per heavy atom. The molecule has 1 fully saturated rings. The minimum atomic E-state index is -0.337. The molecule has 1 aromatic heterocycles. The average Bonchev–Trinajstić information content (AvgIpc) is 3.50. The number of thiazole rings is 1. The molecule has 0 saturated heterocycles. The third-order valence-corrected chi connectivity index (χ3v) is 7.06. The summed E-state index contributed by atoms with van der Waals surface area (Å²) in [6.07, 6.45) is 5.67. The molecule has 33 heavy (non-hydrogen) atoms. The molecule has 0 bridgehead atoms. The number of aromatic nitrogens is 1. The van der Waals surface area contributed by atoms with Gasteiger partial charge in [-0.05, 0) is 55.5 Å². The molecule has 8 nitrogen and oxygen atoms in total. The lowest BCUT2D eigenvalue weighted by Gasteiger charge is -2.25. The number of anilines is 2. The highest BCUT2D eigenvalue weighted by Crippen LogP contribution is 2.38. The molecule has 0 spiro atoms. The van der Waals surface area contributed by atoms with E-state index in [2.05, 4.69) is 15.6 Å². The topological polar surface area (TPSA) is 98.8 Å². The zero-order chi connectivity index (χ0) is 22.6. The molecule has 2 N–H and O–H groups in total. The fourth-order valence-electron chi connectivity index (χ4n) is 4.12. The fourth-order valence-corrected chi connectivity index (χ4v) is 5.21. The molecular formula is C24H23N3O5S. The normalized spacial score (nSPS) is 19.0. The highest BCUT2D eigenvalue weighted by atomic mass is 32.1. The summed E-state index contributed by atoms with van der Waals surface area (Å²) in [4.78, 5) is 28.6. The van der Waals surface area contributed by atoms with Gasteiger partial charge in [-0.15, -0.1) is 11.3 Å². The first-order valence-electron chi connectivity index (χ1n) is 10.8. The summed E-state index contributed by atoms with van der Waals surface area (Å²) in [5.41, 5.74) is 2.37. The van der Waals surface area contributed by atoms with Gasteiger partial charge in [-0.3, -0.25) is 4.79 Å². The number of carbonyl (C=O) groups is 2. The molecule has 0 unspecified atom stereocenters. The van der Waals surface area contributed by atoms with E-state index < -0.39 is 0 Å². The summed E-state index contributed by atoms with van der Waals surface area (Å²) < 4.78 is 15.7. The van der Waals surface area contributed by atoms with Crippen molar-refractivity contribution in [3.63, 3.8) is 0 Å². The number of carbonyl (C=O) groups excluding carboxylic acids is 2. The summed E-state index contributed by atoms with van der Waals surface area (Å²) in [6, 6.07) is 12.6.